The number of rotatable bonds is 2. The molecule has 1 atom stereocenters. The number of hydrogen-bond acceptors (Lipinski definition) is 3. The highest BCUT2D eigenvalue weighted by atomic mass is 32.2. The minimum absolute atomic E-state index is 0.0939. The Balaban J connectivity index is 2.19. The maximum absolute atomic E-state index is 12.2. The fourth-order valence-corrected chi connectivity index (χ4v) is 2.81. The van der Waals surface area contributed by atoms with Gasteiger partial charge in [0.15, 0.2) is 0 Å². The Bertz CT molecular complexity index is 394. The van der Waals surface area contributed by atoms with E-state index in [9.17, 15) is 4.79 Å². The van der Waals surface area contributed by atoms with Crippen molar-refractivity contribution in [3.8, 4) is 5.75 Å². The van der Waals surface area contributed by atoms with Crippen LogP contribution in [0.3, 0.4) is 0 Å². The first-order valence-corrected chi connectivity index (χ1v) is 6.34. The van der Waals surface area contributed by atoms with Crippen LogP contribution in [-0.4, -0.2) is 35.6 Å². The monoisotopic (exact) mass is 237 g/mol. The van der Waals surface area contributed by atoms with E-state index in [1.165, 1.54) is 0 Å². The van der Waals surface area contributed by atoms with Crippen LogP contribution in [0.4, 0.5) is 0 Å². The fraction of sp³-hybridized carbons (Fsp3) is 0.417. The van der Waals surface area contributed by atoms with Crippen LogP contribution in [0.2, 0.25) is 0 Å². The predicted octanol–water partition coefficient (Wildman–Crippen LogP) is 2.23. The van der Waals surface area contributed by atoms with Crippen LogP contribution in [0.25, 0.3) is 0 Å². The Hall–Kier alpha value is -1.16. The number of carbonyl (C=O) groups excluding carboxylic acids is 1. The van der Waals surface area contributed by atoms with Gasteiger partial charge in [0, 0.05) is 17.9 Å². The highest BCUT2D eigenvalue weighted by molar-refractivity contribution is 8.00. The summed E-state index contributed by atoms with van der Waals surface area (Å²) in [6.07, 6.45) is 0. The molecule has 0 aliphatic carbocycles. The van der Waals surface area contributed by atoms with Crippen LogP contribution in [0, 0.1) is 0 Å². The van der Waals surface area contributed by atoms with Crippen molar-refractivity contribution in [2.24, 2.45) is 0 Å². The van der Waals surface area contributed by atoms with Gasteiger partial charge in [0.2, 0.25) is 0 Å². The van der Waals surface area contributed by atoms with Gasteiger partial charge in [0.1, 0.15) is 5.75 Å². The molecule has 1 aliphatic heterocycles. The van der Waals surface area contributed by atoms with E-state index in [0.717, 1.165) is 18.0 Å². The largest absolute Gasteiger partial charge is 0.497 e. The molecule has 1 aliphatic rings. The zero-order chi connectivity index (χ0) is 11.5. The summed E-state index contributed by atoms with van der Waals surface area (Å²) >= 11 is 1.81. The molecule has 1 amide bonds. The first kappa shape index (κ1) is 11.3. The Morgan fingerprint density at radius 2 is 2.38 bits per heavy atom. The standard InChI is InChI=1S/C12H15NO2S/c1-9-13(6-7-16-9)12(14)10-4-3-5-11(8-10)15-2/h3-5,8-9H,6-7H2,1-2H3. The van der Waals surface area contributed by atoms with Crippen LogP contribution < -0.4 is 4.74 Å². The van der Waals surface area contributed by atoms with Crippen LogP contribution in [-0.2, 0) is 0 Å². The molecule has 0 bridgehead atoms. The van der Waals surface area contributed by atoms with Crippen LogP contribution in [0.15, 0.2) is 24.3 Å². The van der Waals surface area contributed by atoms with Crippen molar-refractivity contribution in [1.29, 1.82) is 0 Å². The summed E-state index contributed by atoms with van der Waals surface area (Å²) in [6, 6.07) is 7.32. The highest BCUT2D eigenvalue weighted by Crippen LogP contribution is 2.25. The van der Waals surface area contributed by atoms with Crippen molar-refractivity contribution in [2.75, 3.05) is 19.4 Å². The van der Waals surface area contributed by atoms with E-state index < -0.39 is 0 Å². The molecule has 2 rings (SSSR count). The van der Waals surface area contributed by atoms with Crippen molar-refractivity contribution >= 4 is 17.7 Å². The summed E-state index contributed by atoms with van der Waals surface area (Å²) in [5, 5.41) is 0.277. The third kappa shape index (κ3) is 2.16. The number of amides is 1. The van der Waals surface area contributed by atoms with Crippen LogP contribution in [0.1, 0.15) is 17.3 Å². The molecule has 1 saturated heterocycles. The third-order valence-corrected chi connectivity index (χ3v) is 3.86. The molecule has 1 heterocycles. The fourth-order valence-electron chi connectivity index (χ4n) is 1.78. The number of carbonyl (C=O) groups is 1. The number of benzene rings is 1. The van der Waals surface area contributed by atoms with E-state index in [0.29, 0.717) is 5.56 Å². The Morgan fingerprint density at radius 3 is 3.00 bits per heavy atom. The van der Waals surface area contributed by atoms with E-state index in [4.69, 9.17) is 4.74 Å². The summed E-state index contributed by atoms with van der Waals surface area (Å²) in [4.78, 5) is 14.1. The van der Waals surface area contributed by atoms with Crippen molar-refractivity contribution in [3.63, 3.8) is 0 Å². The molecule has 3 nitrogen and oxygen atoms in total. The molecule has 4 heteroatoms. The minimum atomic E-state index is 0.0939. The lowest BCUT2D eigenvalue weighted by molar-refractivity contribution is 0.0768. The predicted molar refractivity (Wildman–Crippen MR) is 66.0 cm³/mol. The summed E-state index contributed by atoms with van der Waals surface area (Å²) in [5.41, 5.74) is 0.703. The molecule has 86 valence electrons. The van der Waals surface area contributed by atoms with E-state index >= 15 is 0 Å². The average molecular weight is 237 g/mol. The zero-order valence-electron chi connectivity index (χ0n) is 9.47. The van der Waals surface area contributed by atoms with Crippen LogP contribution >= 0.6 is 11.8 Å². The number of methoxy groups -OCH3 is 1. The number of ether oxygens (including phenoxy) is 1. The van der Waals surface area contributed by atoms with Gasteiger partial charge in [0.25, 0.3) is 5.91 Å². The van der Waals surface area contributed by atoms with Gasteiger partial charge in [-0.05, 0) is 25.1 Å². The second kappa shape index (κ2) is 4.78. The number of nitrogens with zero attached hydrogens (tertiary/aromatic N) is 1. The second-order valence-electron chi connectivity index (χ2n) is 3.70. The molecular formula is C12H15NO2S. The van der Waals surface area contributed by atoms with Crippen molar-refractivity contribution < 1.29 is 9.53 Å². The lowest BCUT2D eigenvalue weighted by Crippen LogP contribution is -2.33. The van der Waals surface area contributed by atoms with Crippen molar-refractivity contribution in [2.45, 2.75) is 12.3 Å². The van der Waals surface area contributed by atoms with E-state index in [2.05, 4.69) is 6.92 Å². The summed E-state index contributed by atoms with van der Waals surface area (Å²) in [5.74, 6) is 1.85. The first-order chi connectivity index (χ1) is 7.72. The van der Waals surface area contributed by atoms with E-state index in [1.807, 2.05) is 34.9 Å². The quantitative estimate of drug-likeness (QED) is 0.790. The summed E-state index contributed by atoms with van der Waals surface area (Å²) in [7, 11) is 1.61. The van der Waals surface area contributed by atoms with E-state index in [1.54, 1.807) is 13.2 Å². The molecule has 0 N–H and O–H groups in total. The molecule has 16 heavy (non-hydrogen) atoms. The van der Waals surface area contributed by atoms with Gasteiger partial charge >= 0.3 is 0 Å². The molecule has 1 aromatic carbocycles. The van der Waals surface area contributed by atoms with Gasteiger partial charge in [0.05, 0.1) is 12.5 Å². The van der Waals surface area contributed by atoms with Gasteiger partial charge in [-0.15, -0.1) is 11.8 Å². The topological polar surface area (TPSA) is 29.5 Å². The molecule has 1 fully saturated rings. The van der Waals surface area contributed by atoms with E-state index in [-0.39, 0.29) is 11.3 Å². The molecule has 1 unspecified atom stereocenters. The van der Waals surface area contributed by atoms with Gasteiger partial charge < -0.3 is 9.64 Å². The van der Waals surface area contributed by atoms with Gasteiger partial charge in [-0.25, -0.2) is 0 Å². The smallest absolute Gasteiger partial charge is 0.254 e. The molecule has 0 saturated carbocycles. The Morgan fingerprint density at radius 1 is 1.56 bits per heavy atom. The lowest BCUT2D eigenvalue weighted by Gasteiger charge is -2.20. The summed E-state index contributed by atoms with van der Waals surface area (Å²) < 4.78 is 5.12. The number of hydrogen-bond donors (Lipinski definition) is 0. The maximum atomic E-state index is 12.2. The lowest BCUT2D eigenvalue weighted by atomic mass is 10.2. The zero-order valence-corrected chi connectivity index (χ0v) is 10.3. The second-order valence-corrected chi connectivity index (χ2v) is 5.12. The number of thioether (sulfide) groups is 1. The molecule has 0 radical (unpaired) electrons. The maximum Gasteiger partial charge on any atom is 0.254 e. The van der Waals surface area contributed by atoms with Gasteiger partial charge in [-0.2, -0.15) is 0 Å². The van der Waals surface area contributed by atoms with Crippen molar-refractivity contribution in [1.82, 2.24) is 4.90 Å². The summed E-state index contributed by atoms with van der Waals surface area (Å²) in [6.45, 7) is 2.90. The Labute approximate surface area is 99.8 Å². The van der Waals surface area contributed by atoms with Gasteiger partial charge in [-0.3, -0.25) is 4.79 Å². The molecule has 1 aromatic rings. The SMILES string of the molecule is COc1cccc(C(=O)N2CCSC2C)c1. The van der Waals surface area contributed by atoms with Crippen molar-refractivity contribution in [3.05, 3.63) is 29.8 Å². The highest BCUT2D eigenvalue weighted by Gasteiger charge is 2.26. The molecule has 0 aromatic heterocycles. The molecular weight excluding hydrogens is 222 g/mol. The minimum Gasteiger partial charge on any atom is -0.497 e. The average Bonchev–Trinajstić information content (AvgIpc) is 2.74. The Kier molecular flexibility index (Phi) is 3.39. The third-order valence-electron chi connectivity index (χ3n) is 2.71. The normalized spacial score (nSPS) is 19.9. The van der Waals surface area contributed by atoms with Crippen LogP contribution in [0.5, 0.6) is 5.75 Å². The van der Waals surface area contributed by atoms with Gasteiger partial charge in [-0.1, -0.05) is 6.07 Å². The molecule has 0 spiro atoms. The first-order valence-electron chi connectivity index (χ1n) is 5.29.